The molecule has 1 heterocycles. The number of carbonyl (C=O) groups is 2. The third kappa shape index (κ3) is 3.79. The Morgan fingerprint density at radius 3 is 2.65 bits per heavy atom. The van der Waals surface area contributed by atoms with Gasteiger partial charge in [0.05, 0.1) is 19.9 Å². The van der Waals surface area contributed by atoms with Crippen molar-refractivity contribution in [3.8, 4) is 11.5 Å². The van der Waals surface area contributed by atoms with Crippen LogP contribution in [0.4, 0.5) is 11.4 Å². The van der Waals surface area contributed by atoms with E-state index in [-0.39, 0.29) is 11.8 Å². The summed E-state index contributed by atoms with van der Waals surface area (Å²) in [6.45, 7) is 0.655. The molecule has 2 amide bonds. The molecule has 26 heavy (non-hydrogen) atoms. The van der Waals surface area contributed by atoms with Crippen molar-refractivity contribution >= 4 is 23.2 Å². The topological polar surface area (TPSA) is 67.9 Å². The minimum atomic E-state index is -0.245. The zero-order chi connectivity index (χ0) is 18.5. The van der Waals surface area contributed by atoms with Crippen molar-refractivity contribution in [1.82, 2.24) is 0 Å². The number of nitrogens with one attached hydrogen (secondary N) is 1. The second kappa shape index (κ2) is 7.91. The fourth-order valence-corrected chi connectivity index (χ4v) is 3.01. The van der Waals surface area contributed by atoms with Crippen LogP contribution in [0.15, 0.2) is 42.5 Å². The van der Waals surface area contributed by atoms with Crippen molar-refractivity contribution < 1.29 is 19.1 Å². The first-order valence-electron chi connectivity index (χ1n) is 8.56. The van der Waals surface area contributed by atoms with E-state index in [0.29, 0.717) is 41.4 Å². The van der Waals surface area contributed by atoms with E-state index in [2.05, 4.69) is 5.32 Å². The van der Waals surface area contributed by atoms with Gasteiger partial charge in [-0.05, 0) is 49.2 Å². The smallest absolute Gasteiger partial charge is 0.255 e. The molecule has 2 aromatic carbocycles. The number of amides is 2. The minimum Gasteiger partial charge on any atom is -0.497 e. The van der Waals surface area contributed by atoms with E-state index in [1.54, 1.807) is 61.6 Å². The van der Waals surface area contributed by atoms with Crippen LogP contribution >= 0.6 is 0 Å². The lowest BCUT2D eigenvalue weighted by atomic mass is 10.1. The number of rotatable bonds is 5. The summed E-state index contributed by atoms with van der Waals surface area (Å²) in [5, 5.41) is 2.87. The molecule has 3 rings (SSSR count). The zero-order valence-electron chi connectivity index (χ0n) is 15.0. The van der Waals surface area contributed by atoms with Gasteiger partial charge < -0.3 is 19.7 Å². The molecule has 0 atom stereocenters. The van der Waals surface area contributed by atoms with Gasteiger partial charge in [0.2, 0.25) is 5.91 Å². The molecule has 6 heteroatoms. The van der Waals surface area contributed by atoms with Gasteiger partial charge in [-0.25, -0.2) is 0 Å². The Morgan fingerprint density at radius 1 is 1.08 bits per heavy atom. The summed E-state index contributed by atoms with van der Waals surface area (Å²) in [5.74, 6) is 1.06. The van der Waals surface area contributed by atoms with Gasteiger partial charge in [-0.2, -0.15) is 0 Å². The quantitative estimate of drug-likeness (QED) is 0.893. The van der Waals surface area contributed by atoms with Crippen LogP contribution in [0.2, 0.25) is 0 Å². The third-order valence-corrected chi connectivity index (χ3v) is 4.38. The lowest BCUT2D eigenvalue weighted by Crippen LogP contribution is -2.35. The summed E-state index contributed by atoms with van der Waals surface area (Å²) < 4.78 is 10.6. The van der Waals surface area contributed by atoms with Crippen LogP contribution in [0.1, 0.15) is 29.6 Å². The molecule has 2 aromatic rings. The van der Waals surface area contributed by atoms with Crippen LogP contribution < -0.4 is 19.7 Å². The first-order chi connectivity index (χ1) is 12.6. The minimum absolute atomic E-state index is 0.0748. The second-order valence-corrected chi connectivity index (χ2v) is 6.08. The number of anilines is 2. The number of ether oxygens (including phenoxy) is 2. The summed E-state index contributed by atoms with van der Waals surface area (Å²) in [6.07, 6.45) is 2.39. The van der Waals surface area contributed by atoms with Gasteiger partial charge in [-0.15, -0.1) is 0 Å². The normalized spacial score (nSPS) is 14.1. The van der Waals surface area contributed by atoms with Crippen molar-refractivity contribution in [3.63, 3.8) is 0 Å². The molecular weight excluding hydrogens is 332 g/mol. The van der Waals surface area contributed by atoms with E-state index in [4.69, 9.17) is 9.47 Å². The fourth-order valence-electron chi connectivity index (χ4n) is 3.01. The van der Waals surface area contributed by atoms with Gasteiger partial charge in [-0.1, -0.05) is 6.07 Å². The van der Waals surface area contributed by atoms with E-state index >= 15 is 0 Å². The van der Waals surface area contributed by atoms with Gasteiger partial charge in [0.1, 0.15) is 11.5 Å². The van der Waals surface area contributed by atoms with Gasteiger partial charge in [0, 0.05) is 24.2 Å². The molecule has 1 aliphatic rings. The highest BCUT2D eigenvalue weighted by Crippen LogP contribution is 2.33. The number of nitrogens with zero attached hydrogens (tertiary/aromatic N) is 1. The molecule has 0 aliphatic carbocycles. The monoisotopic (exact) mass is 354 g/mol. The van der Waals surface area contributed by atoms with Crippen LogP contribution in [-0.4, -0.2) is 32.6 Å². The number of hydrogen-bond acceptors (Lipinski definition) is 4. The summed E-state index contributed by atoms with van der Waals surface area (Å²) in [7, 11) is 3.13. The molecule has 0 spiro atoms. The van der Waals surface area contributed by atoms with E-state index in [0.717, 1.165) is 12.8 Å². The highest BCUT2D eigenvalue weighted by atomic mass is 16.5. The van der Waals surface area contributed by atoms with Gasteiger partial charge in [0.25, 0.3) is 5.91 Å². The van der Waals surface area contributed by atoms with E-state index < -0.39 is 0 Å². The average Bonchev–Trinajstić information content (AvgIpc) is 2.68. The number of methoxy groups -OCH3 is 2. The van der Waals surface area contributed by atoms with Crippen LogP contribution in [0.5, 0.6) is 11.5 Å². The fraction of sp³-hybridized carbons (Fsp3) is 0.300. The molecule has 0 unspecified atom stereocenters. The Morgan fingerprint density at radius 2 is 1.92 bits per heavy atom. The molecular formula is C20H22N2O4. The molecule has 1 fully saturated rings. The van der Waals surface area contributed by atoms with Gasteiger partial charge in [0.15, 0.2) is 0 Å². The molecule has 1 N–H and O–H groups in total. The molecule has 0 bridgehead atoms. The second-order valence-electron chi connectivity index (χ2n) is 6.08. The Kier molecular flexibility index (Phi) is 5.41. The molecule has 0 aromatic heterocycles. The van der Waals surface area contributed by atoms with Gasteiger partial charge in [-0.3, -0.25) is 9.59 Å². The Balaban J connectivity index is 1.85. The Labute approximate surface area is 152 Å². The predicted octanol–water partition coefficient (Wildman–Crippen LogP) is 3.47. The van der Waals surface area contributed by atoms with Crippen molar-refractivity contribution in [2.75, 3.05) is 31.0 Å². The summed E-state index contributed by atoms with van der Waals surface area (Å²) in [6, 6.07) is 12.2. The van der Waals surface area contributed by atoms with E-state index in [1.807, 2.05) is 0 Å². The zero-order valence-corrected chi connectivity index (χ0v) is 15.0. The van der Waals surface area contributed by atoms with Crippen LogP contribution in [-0.2, 0) is 4.79 Å². The van der Waals surface area contributed by atoms with Gasteiger partial charge >= 0.3 is 0 Å². The SMILES string of the molecule is COc1cccc(C(=O)Nc2ccc(OC)c(N3CCCCC3=O)c2)c1. The molecule has 136 valence electrons. The molecule has 0 saturated carbocycles. The number of hydrogen-bond donors (Lipinski definition) is 1. The molecule has 1 saturated heterocycles. The lowest BCUT2D eigenvalue weighted by Gasteiger charge is -2.28. The van der Waals surface area contributed by atoms with Crippen LogP contribution in [0, 0.1) is 0 Å². The highest BCUT2D eigenvalue weighted by Gasteiger charge is 2.23. The maximum absolute atomic E-state index is 12.5. The Hall–Kier alpha value is -3.02. The first kappa shape index (κ1) is 17.8. The van der Waals surface area contributed by atoms with E-state index in [9.17, 15) is 9.59 Å². The predicted molar refractivity (Wildman–Crippen MR) is 100 cm³/mol. The maximum Gasteiger partial charge on any atom is 0.255 e. The molecule has 6 nitrogen and oxygen atoms in total. The molecule has 0 radical (unpaired) electrons. The summed E-state index contributed by atoms with van der Waals surface area (Å²) in [4.78, 5) is 26.5. The summed E-state index contributed by atoms with van der Waals surface area (Å²) in [5.41, 5.74) is 1.78. The van der Waals surface area contributed by atoms with Crippen molar-refractivity contribution in [1.29, 1.82) is 0 Å². The van der Waals surface area contributed by atoms with Crippen molar-refractivity contribution in [3.05, 3.63) is 48.0 Å². The van der Waals surface area contributed by atoms with Crippen LogP contribution in [0.25, 0.3) is 0 Å². The summed E-state index contributed by atoms with van der Waals surface area (Å²) >= 11 is 0. The lowest BCUT2D eigenvalue weighted by molar-refractivity contribution is -0.119. The average molecular weight is 354 g/mol. The third-order valence-electron chi connectivity index (χ3n) is 4.38. The number of benzene rings is 2. The highest BCUT2D eigenvalue weighted by molar-refractivity contribution is 6.05. The van der Waals surface area contributed by atoms with Crippen molar-refractivity contribution in [2.45, 2.75) is 19.3 Å². The van der Waals surface area contributed by atoms with Crippen molar-refractivity contribution in [2.24, 2.45) is 0 Å². The Bertz CT molecular complexity index is 819. The number of piperidine rings is 1. The molecule has 1 aliphatic heterocycles. The maximum atomic E-state index is 12.5. The van der Waals surface area contributed by atoms with E-state index in [1.165, 1.54) is 0 Å². The standard InChI is InChI=1S/C20H22N2O4/c1-25-16-7-5-6-14(12-16)20(24)21-15-9-10-18(26-2)17(13-15)22-11-4-3-8-19(22)23/h5-7,9-10,12-13H,3-4,8,11H2,1-2H3,(H,21,24). The van der Waals surface area contributed by atoms with Crippen LogP contribution in [0.3, 0.4) is 0 Å². The first-order valence-corrected chi connectivity index (χ1v) is 8.56. The largest absolute Gasteiger partial charge is 0.497 e. The number of carbonyl (C=O) groups excluding carboxylic acids is 2.